The van der Waals surface area contributed by atoms with Crippen LogP contribution in [0, 0.1) is 11.3 Å². The van der Waals surface area contributed by atoms with Crippen LogP contribution in [0.3, 0.4) is 0 Å². The van der Waals surface area contributed by atoms with E-state index in [1.807, 2.05) is 42.5 Å². The fourth-order valence-electron chi connectivity index (χ4n) is 3.49. The maximum atomic E-state index is 12.7. The van der Waals surface area contributed by atoms with Crippen LogP contribution < -0.4 is 0 Å². The Labute approximate surface area is 172 Å². The number of carbonyl (C=O) groups excluding carboxylic acids is 1. The van der Waals surface area contributed by atoms with Crippen LogP contribution in [0.1, 0.15) is 33.6 Å². The number of benzene rings is 2. The first-order valence-electron chi connectivity index (χ1n) is 8.70. The molecule has 0 N–H and O–H groups in total. The van der Waals surface area contributed by atoms with Gasteiger partial charge in [-0.1, -0.05) is 47.5 Å². The van der Waals surface area contributed by atoms with Crippen molar-refractivity contribution in [2.75, 3.05) is 6.61 Å². The van der Waals surface area contributed by atoms with Crippen molar-refractivity contribution in [2.45, 2.75) is 12.8 Å². The first kappa shape index (κ1) is 18.5. The zero-order chi connectivity index (χ0) is 19.7. The van der Waals surface area contributed by atoms with Crippen molar-refractivity contribution in [2.24, 2.45) is 0 Å². The second kappa shape index (κ2) is 7.63. The number of halogens is 2. The number of pyridine rings is 1. The third-order valence-electron chi connectivity index (χ3n) is 4.70. The first-order valence-corrected chi connectivity index (χ1v) is 9.46. The zero-order valence-electron chi connectivity index (χ0n) is 14.7. The summed E-state index contributed by atoms with van der Waals surface area (Å²) in [5.74, 6) is -0.493. The van der Waals surface area contributed by atoms with Crippen LogP contribution >= 0.6 is 23.2 Å². The quantitative estimate of drug-likeness (QED) is 0.520. The van der Waals surface area contributed by atoms with Gasteiger partial charge in [-0.3, -0.25) is 0 Å². The monoisotopic (exact) mass is 408 g/mol. The number of rotatable bonds is 3. The molecule has 0 unspecified atom stereocenters. The predicted molar refractivity (Wildman–Crippen MR) is 110 cm³/mol. The van der Waals surface area contributed by atoms with E-state index in [0.29, 0.717) is 27.5 Å². The molecular weight excluding hydrogens is 395 g/mol. The molecule has 0 amide bonds. The van der Waals surface area contributed by atoms with Crippen molar-refractivity contribution in [3.63, 3.8) is 0 Å². The van der Waals surface area contributed by atoms with E-state index < -0.39 is 5.97 Å². The van der Waals surface area contributed by atoms with E-state index >= 15 is 0 Å². The third-order valence-corrected chi connectivity index (χ3v) is 5.44. The molecule has 4 nitrogen and oxygen atoms in total. The summed E-state index contributed by atoms with van der Waals surface area (Å²) < 4.78 is 5.11. The molecule has 2 aromatic carbocycles. The number of allylic oxidation sites excluding steroid dienone is 1. The summed E-state index contributed by atoms with van der Waals surface area (Å²) in [4.78, 5) is 17.5. The Balaban J connectivity index is 1.87. The molecule has 0 spiro atoms. The van der Waals surface area contributed by atoms with Crippen molar-refractivity contribution >= 4 is 51.7 Å². The molecule has 0 radical (unpaired) electrons. The average molecular weight is 409 g/mol. The molecule has 6 heteroatoms. The fourth-order valence-corrected chi connectivity index (χ4v) is 3.79. The molecule has 0 fully saturated rings. The lowest BCUT2D eigenvalue weighted by atomic mass is 10.0. The Hall–Kier alpha value is -2.87. The van der Waals surface area contributed by atoms with Gasteiger partial charge in [0, 0.05) is 5.39 Å². The van der Waals surface area contributed by atoms with E-state index in [1.165, 1.54) is 0 Å². The lowest BCUT2D eigenvalue weighted by Gasteiger charge is -2.11. The summed E-state index contributed by atoms with van der Waals surface area (Å²) in [6.07, 6.45) is 3.44. The van der Waals surface area contributed by atoms with Gasteiger partial charge in [-0.05, 0) is 53.8 Å². The second-order valence-corrected chi connectivity index (χ2v) is 7.22. The number of para-hydroxylation sites is 1. The van der Waals surface area contributed by atoms with Gasteiger partial charge in [-0.2, -0.15) is 5.26 Å². The Bertz CT molecular complexity index is 1180. The van der Waals surface area contributed by atoms with Gasteiger partial charge < -0.3 is 4.74 Å². The third kappa shape index (κ3) is 3.35. The Kier molecular flexibility index (Phi) is 5.04. The molecule has 3 aromatic rings. The largest absolute Gasteiger partial charge is 0.447 e. The molecule has 1 heterocycles. The van der Waals surface area contributed by atoms with Gasteiger partial charge in [-0.25, -0.2) is 9.78 Å². The molecule has 138 valence electrons. The van der Waals surface area contributed by atoms with E-state index in [9.17, 15) is 4.79 Å². The molecule has 4 rings (SSSR count). The van der Waals surface area contributed by atoms with Gasteiger partial charge in [0.1, 0.15) is 6.07 Å². The number of nitrogens with zero attached hydrogens (tertiary/aromatic N) is 2. The fraction of sp³-hybridized carbons (Fsp3) is 0.136. The van der Waals surface area contributed by atoms with Crippen LogP contribution in [0.15, 0.2) is 42.5 Å². The van der Waals surface area contributed by atoms with Gasteiger partial charge in [0.2, 0.25) is 0 Å². The van der Waals surface area contributed by atoms with Crippen LogP contribution in [0.4, 0.5) is 0 Å². The number of hydrogen-bond acceptors (Lipinski definition) is 4. The molecule has 0 aliphatic heterocycles. The van der Waals surface area contributed by atoms with E-state index in [2.05, 4.69) is 0 Å². The van der Waals surface area contributed by atoms with Gasteiger partial charge in [0.05, 0.1) is 26.8 Å². The van der Waals surface area contributed by atoms with Crippen molar-refractivity contribution in [3.8, 4) is 6.07 Å². The summed E-state index contributed by atoms with van der Waals surface area (Å²) >= 11 is 12.1. The highest BCUT2D eigenvalue weighted by Crippen LogP contribution is 2.38. The van der Waals surface area contributed by atoms with Gasteiger partial charge >= 0.3 is 5.97 Å². The maximum absolute atomic E-state index is 12.7. The minimum Gasteiger partial charge on any atom is -0.447 e. The Morgan fingerprint density at radius 3 is 2.79 bits per heavy atom. The van der Waals surface area contributed by atoms with Gasteiger partial charge in [-0.15, -0.1) is 0 Å². The number of nitriles is 1. The smallest absolute Gasteiger partial charge is 0.340 e. The van der Waals surface area contributed by atoms with Crippen LogP contribution in [-0.2, 0) is 11.2 Å². The predicted octanol–water partition coefficient (Wildman–Crippen LogP) is 5.71. The molecule has 1 aromatic heterocycles. The van der Waals surface area contributed by atoms with Crippen LogP contribution in [0.5, 0.6) is 0 Å². The van der Waals surface area contributed by atoms with Crippen molar-refractivity contribution in [1.82, 2.24) is 4.98 Å². The highest BCUT2D eigenvalue weighted by molar-refractivity contribution is 6.42. The minimum atomic E-state index is -0.493. The average Bonchev–Trinajstić information content (AvgIpc) is 3.09. The number of carbonyl (C=O) groups is 1. The number of hydrogen-bond donors (Lipinski definition) is 0. The van der Waals surface area contributed by atoms with Crippen LogP contribution in [-0.4, -0.2) is 17.6 Å². The molecule has 1 aliphatic carbocycles. The summed E-state index contributed by atoms with van der Waals surface area (Å²) in [5.41, 5.74) is 4.79. The van der Waals surface area contributed by atoms with Crippen LogP contribution in [0.25, 0.3) is 22.6 Å². The topological polar surface area (TPSA) is 63.0 Å². The molecule has 28 heavy (non-hydrogen) atoms. The lowest BCUT2D eigenvalue weighted by molar-refractivity contribution is 0.0556. The maximum Gasteiger partial charge on any atom is 0.340 e. The summed E-state index contributed by atoms with van der Waals surface area (Å²) in [5, 5.41) is 10.5. The minimum absolute atomic E-state index is 0.282. The summed E-state index contributed by atoms with van der Waals surface area (Å²) in [6, 6.07) is 14.8. The molecule has 0 saturated carbocycles. The van der Waals surface area contributed by atoms with Crippen molar-refractivity contribution in [3.05, 3.63) is 74.9 Å². The second-order valence-electron chi connectivity index (χ2n) is 6.41. The normalized spacial score (nSPS) is 14.1. The van der Waals surface area contributed by atoms with Crippen molar-refractivity contribution < 1.29 is 9.53 Å². The number of aromatic nitrogens is 1. The van der Waals surface area contributed by atoms with E-state index in [4.69, 9.17) is 38.2 Å². The molecule has 0 bridgehead atoms. The summed E-state index contributed by atoms with van der Waals surface area (Å²) in [6.45, 7) is -0.282. The Morgan fingerprint density at radius 2 is 2.00 bits per heavy atom. The highest BCUT2D eigenvalue weighted by Gasteiger charge is 2.27. The molecular formula is C22H14Cl2N2O2. The van der Waals surface area contributed by atoms with Gasteiger partial charge in [0.15, 0.2) is 6.61 Å². The first-order chi connectivity index (χ1) is 13.6. The zero-order valence-corrected chi connectivity index (χ0v) is 16.2. The number of fused-ring (bicyclic) bond motifs is 2. The molecule has 0 saturated heterocycles. The standard InChI is InChI=1S/C22H14Cl2N2O2/c23-17-8-5-13(12-18(17)24)11-14-6-7-16-20(22(27)28-10-9-25)15-3-1-2-4-19(15)26-21(14)16/h1-5,8,11-12H,6-7,10H2/b14-11-. The van der Waals surface area contributed by atoms with Crippen LogP contribution in [0.2, 0.25) is 10.0 Å². The van der Waals surface area contributed by atoms with E-state index in [0.717, 1.165) is 34.2 Å². The highest BCUT2D eigenvalue weighted by atomic mass is 35.5. The van der Waals surface area contributed by atoms with Gasteiger partial charge in [0.25, 0.3) is 0 Å². The van der Waals surface area contributed by atoms with Crippen molar-refractivity contribution in [1.29, 1.82) is 5.26 Å². The number of ether oxygens (including phenoxy) is 1. The van der Waals surface area contributed by atoms with E-state index in [-0.39, 0.29) is 6.61 Å². The SMILES string of the molecule is N#CCOC(=O)c1c2c(nc3ccccc13)/C(=C\c1ccc(Cl)c(Cl)c1)CC2. The Morgan fingerprint density at radius 1 is 1.18 bits per heavy atom. The lowest BCUT2D eigenvalue weighted by Crippen LogP contribution is -2.10. The van der Waals surface area contributed by atoms with E-state index in [1.54, 1.807) is 12.1 Å². The molecule has 0 atom stereocenters. The number of esters is 1. The summed E-state index contributed by atoms with van der Waals surface area (Å²) in [7, 11) is 0. The molecule has 1 aliphatic rings.